The van der Waals surface area contributed by atoms with Crippen LogP contribution >= 0.6 is 0 Å². The highest BCUT2D eigenvalue weighted by molar-refractivity contribution is 5.83. The zero-order valence-corrected chi connectivity index (χ0v) is 17.9. The Labute approximate surface area is 179 Å². The monoisotopic (exact) mass is 410 g/mol. The number of aromatic amines is 1. The van der Waals surface area contributed by atoms with Gasteiger partial charge in [-0.15, -0.1) is 0 Å². The highest BCUT2D eigenvalue weighted by atomic mass is 16.2. The van der Waals surface area contributed by atoms with E-state index in [1.54, 1.807) is 0 Å². The molecule has 2 fully saturated rings. The molecule has 6 nitrogen and oxygen atoms in total. The Bertz CT molecular complexity index is 854. The van der Waals surface area contributed by atoms with E-state index in [0.29, 0.717) is 13.0 Å². The molecule has 3 heterocycles. The standard InChI is InChI=1S/C24H34N4O2/c29-23-11-16-28(13-6-2-1-5-12-25-23)24(30)19-9-14-27(15-10-19)18-20-17-26-22-8-4-3-7-21(20)22/h3-4,7-8,17,19,26H,1-2,5-6,9-16,18H2,(H,25,29). The summed E-state index contributed by atoms with van der Waals surface area (Å²) in [4.78, 5) is 32.9. The zero-order valence-electron chi connectivity index (χ0n) is 17.9. The van der Waals surface area contributed by atoms with E-state index < -0.39 is 0 Å². The summed E-state index contributed by atoms with van der Waals surface area (Å²) >= 11 is 0. The summed E-state index contributed by atoms with van der Waals surface area (Å²) < 4.78 is 0. The van der Waals surface area contributed by atoms with E-state index in [1.165, 1.54) is 16.5 Å². The molecular weight excluding hydrogens is 376 g/mol. The summed E-state index contributed by atoms with van der Waals surface area (Å²) in [6.45, 7) is 4.94. The lowest BCUT2D eigenvalue weighted by molar-refractivity contribution is -0.137. The lowest BCUT2D eigenvalue weighted by atomic mass is 9.94. The number of aromatic nitrogens is 1. The normalized spacial score (nSPS) is 20.7. The number of benzene rings is 1. The summed E-state index contributed by atoms with van der Waals surface area (Å²) in [5, 5.41) is 4.26. The van der Waals surface area contributed by atoms with Gasteiger partial charge in [0.2, 0.25) is 11.8 Å². The maximum Gasteiger partial charge on any atom is 0.225 e. The number of nitrogens with zero attached hydrogens (tertiary/aromatic N) is 2. The van der Waals surface area contributed by atoms with Crippen LogP contribution in [0, 0.1) is 5.92 Å². The summed E-state index contributed by atoms with van der Waals surface area (Å²) in [5.41, 5.74) is 2.51. The van der Waals surface area contributed by atoms with Crippen LogP contribution in [-0.2, 0) is 16.1 Å². The molecule has 0 saturated carbocycles. The van der Waals surface area contributed by atoms with Gasteiger partial charge in [0.1, 0.15) is 0 Å². The topological polar surface area (TPSA) is 68.4 Å². The average molecular weight is 411 g/mol. The van der Waals surface area contributed by atoms with E-state index in [0.717, 1.165) is 71.2 Å². The van der Waals surface area contributed by atoms with E-state index in [9.17, 15) is 9.59 Å². The van der Waals surface area contributed by atoms with Gasteiger partial charge in [0, 0.05) is 55.6 Å². The Morgan fingerprint density at radius 1 is 1.00 bits per heavy atom. The Morgan fingerprint density at radius 2 is 1.80 bits per heavy atom. The van der Waals surface area contributed by atoms with Crippen molar-refractivity contribution in [3.05, 3.63) is 36.0 Å². The van der Waals surface area contributed by atoms with Crippen LogP contribution in [0.3, 0.4) is 0 Å². The molecule has 2 aliphatic heterocycles. The Hall–Kier alpha value is -2.34. The second-order valence-corrected chi connectivity index (χ2v) is 8.75. The second kappa shape index (κ2) is 10.1. The maximum atomic E-state index is 13.2. The van der Waals surface area contributed by atoms with Crippen molar-refractivity contribution in [1.82, 2.24) is 20.1 Å². The van der Waals surface area contributed by atoms with Gasteiger partial charge in [-0.1, -0.05) is 31.0 Å². The molecular formula is C24H34N4O2. The molecule has 0 spiro atoms. The molecule has 162 valence electrons. The van der Waals surface area contributed by atoms with E-state index in [4.69, 9.17) is 0 Å². The minimum atomic E-state index is 0.0725. The average Bonchev–Trinajstić information content (AvgIpc) is 3.15. The highest BCUT2D eigenvalue weighted by Crippen LogP contribution is 2.24. The molecule has 4 rings (SSSR count). The summed E-state index contributed by atoms with van der Waals surface area (Å²) in [7, 11) is 0. The van der Waals surface area contributed by atoms with Crippen LogP contribution in [0.15, 0.2) is 30.5 Å². The van der Waals surface area contributed by atoms with Gasteiger partial charge in [-0.2, -0.15) is 0 Å². The van der Waals surface area contributed by atoms with Crippen LogP contribution < -0.4 is 5.32 Å². The third-order valence-electron chi connectivity index (χ3n) is 6.60. The summed E-state index contributed by atoms with van der Waals surface area (Å²) in [6.07, 6.45) is 8.67. The van der Waals surface area contributed by atoms with Crippen molar-refractivity contribution in [1.29, 1.82) is 0 Å². The third kappa shape index (κ3) is 5.22. The number of hydrogen-bond donors (Lipinski definition) is 2. The lowest BCUT2D eigenvalue weighted by Crippen LogP contribution is -2.43. The molecule has 1 aromatic heterocycles. The number of nitrogens with one attached hydrogen (secondary N) is 2. The van der Waals surface area contributed by atoms with Gasteiger partial charge in [-0.25, -0.2) is 0 Å². The number of piperidine rings is 1. The molecule has 1 aromatic carbocycles. The van der Waals surface area contributed by atoms with Gasteiger partial charge in [-0.05, 0) is 50.4 Å². The molecule has 0 unspecified atom stereocenters. The Kier molecular flexibility index (Phi) is 7.05. The zero-order chi connectivity index (χ0) is 20.8. The molecule has 2 aromatic rings. The van der Waals surface area contributed by atoms with Crippen molar-refractivity contribution in [3.63, 3.8) is 0 Å². The number of fused-ring (bicyclic) bond motifs is 1. The van der Waals surface area contributed by atoms with E-state index in [1.807, 2.05) is 4.90 Å². The van der Waals surface area contributed by atoms with E-state index in [-0.39, 0.29) is 17.7 Å². The Morgan fingerprint density at radius 3 is 2.67 bits per heavy atom. The molecule has 0 atom stereocenters. The molecule has 2 amide bonds. The fourth-order valence-electron chi connectivity index (χ4n) is 4.77. The first kappa shape index (κ1) is 20.9. The fourth-order valence-corrected chi connectivity index (χ4v) is 4.77. The predicted molar refractivity (Wildman–Crippen MR) is 119 cm³/mol. The van der Waals surface area contributed by atoms with Crippen molar-refractivity contribution in [2.75, 3.05) is 32.7 Å². The number of carbonyl (C=O) groups excluding carboxylic acids is 2. The number of rotatable bonds is 3. The van der Waals surface area contributed by atoms with Crippen LogP contribution in [0.2, 0.25) is 0 Å². The van der Waals surface area contributed by atoms with E-state index in [2.05, 4.69) is 45.7 Å². The van der Waals surface area contributed by atoms with Crippen LogP contribution in [-0.4, -0.2) is 59.3 Å². The minimum absolute atomic E-state index is 0.0725. The first-order valence-electron chi connectivity index (χ1n) is 11.5. The largest absolute Gasteiger partial charge is 0.361 e. The van der Waals surface area contributed by atoms with Gasteiger partial charge < -0.3 is 15.2 Å². The molecule has 0 bridgehead atoms. The number of carbonyl (C=O) groups is 2. The van der Waals surface area contributed by atoms with Crippen LogP contribution in [0.4, 0.5) is 0 Å². The SMILES string of the molecule is O=C1CCN(C(=O)C2CCN(Cc3c[nH]c4ccccc34)CC2)CCCCCCN1. The molecule has 30 heavy (non-hydrogen) atoms. The fraction of sp³-hybridized carbons (Fsp3) is 0.583. The Balaban J connectivity index is 1.30. The molecule has 6 heteroatoms. The predicted octanol–water partition coefficient (Wildman–Crippen LogP) is 3.29. The third-order valence-corrected chi connectivity index (χ3v) is 6.60. The maximum absolute atomic E-state index is 13.2. The molecule has 2 saturated heterocycles. The quantitative estimate of drug-likeness (QED) is 0.816. The first-order valence-corrected chi connectivity index (χ1v) is 11.5. The smallest absolute Gasteiger partial charge is 0.225 e. The minimum Gasteiger partial charge on any atom is -0.361 e. The number of H-pyrrole nitrogens is 1. The van der Waals surface area contributed by atoms with Crippen molar-refractivity contribution in [2.45, 2.75) is 51.5 Å². The summed E-state index contributed by atoms with van der Waals surface area (Å²) in [6, 6.07) is 8.42. The van der Waals surface area contributed by atoms with Crippen molar-refractivity contribution < 1.29 is 9.59 Å². The molecule has 0 radical (unpaired) electrons. The first-order chi connectivity index (χ1) is 14.7. The van der Waals surface area contributed by atoms with Crippen LogP contribution in [0.1, 0.15) is 50.5 Å². The second-order valence-electron chi connectivity index (χ2n) is 8.75. The number of likely N-dealkylation sites (tertiary alicyclic amines) is 1. The number of amides is 2. The van der Waals surface area contributed by atoms with Crippen molar-refractivity contribution in [2.24, 2.45) is 5.92 Å². The summed E-state index contributed by atoms with van der Waals surface area (Å²) in [5.74, 6) is 0.425. The molecule has 0 aliphatic carbocycles. The molecule has 2 N–H and O–H groups in total. The van der Waals surface area contributed by atoms with Crippen LogP contribution in [0.25, 0.3) is 10.9 Å². The van der Waals surface area contributed by atoms with Crippen molar-refractivity contribution >= 4 is 22.7 Å². The number of para-hydroxylation sites is 1. The van der Waals surface area contributed by atoms with Crippen LogP contribution in [0.5, 0.6) is 0 Å². The number of hydrogen-bond acceptors (Lipinski definition) is 3. The highest BCUT2D eigenvalue weighted by Gasteiger charge is 2.29. The van der Waals surface area contributed by atoms with Gasteiger partial charge in [0.05, 0.1) is 0 Å². The molecule has 2 aliphatic rings. The van der Waals surface area contributed by atoms with E-state index >= 15 is 0 Å². The van der Waals surface area contributed by atoms with Crippen molar-refractivity contribution in [3.8, 4) is 0 Å². The van der Waals surface area contributed by atoms with Gasteiger partial charge in [-0.3, -0.25) is 14.5 Å². The van der Waals surface area contributed by atoms with Gasteiger partial charge >= 0.3 is 0 Å². The van der Waals surface area contributed by atoms with Gasteiger partial charge in [0.25, 0.3) is 0 Å². The van der Waals surface area contributed by atoms with Gasteiger partial charge in [0.15, 0.2) is 0 Å². The lowest BCUT2D eigenvalue weighted by Gasteiger charge is -2.34.